The van der Waals surface area contributed by atoms with Gasteiger partial charge in [0.15, 0.2) is 5.78 Å². The molecular weight excluding hydrogens is 112 g/mol. The van der Waals surface area contributed by atoms with Crippen LogP contribution in [0.1, 0.15) is 19.8 Å². The average Bonchev–Trinajstić information content (AvgIpc) is 1.89. The third-order valence-electron chi connectivity index (χ3n) is 0.949. The Kier molecular flexibility index (Phi) is 4.79. The summed E-state index contributed by atoms with van der Waals surface area (Å²) in [6.45, 7) is 5.39. The molecule has 0 fully saturated rings. The highest BCUT2D eigenvalue weighted by Crippen LogP contribution is 1.87. The Morgan fingerprint density at radius 1 is 1.56 bits per heavy atom. The van der Waals surface area contributed by atoms with Gasteiger partial charge in [0.05, 0.1) is 0 Å². The van der Waals surface area contributed by atoms with Crippen molar-refractivity contribution < 1.29 is 4.79 Å². The van der Waals surface area contributed by atoms with Gasteiger partial charge in [0.25, 0.3) is 0 Å². The van der Waals surface area contributed by atoms with E-state index >= 15 is 0 Å². The predicted octanol–water partition coefficient (Wildman–Crippen LogP) is 2.10. The molecule has 0 saturated heterocycles. The van der Waals surface area contributed by atoms with Crippen LogP contribution >= 0.6 is 0 Å². The zero-order valence-electron chi connectivity index (χ0n) is 5.76. The highest BCUT2D eigenvalue weighted by atomic mass is 16.1. The summed E-state index contributed by atoms with van der Waals surface area (Å²) in [5.41, 5.74) is 0. The van der Waals surface area contributed by atoms with Crippen molar-refractivity contribution in [2.24, 2.45) is 0 Å². The number of ketones is 1. The summed E-state index contributed by atoms with van der Waals surface area (Å²) in [4.78, 5) is 10.5. The highest BCUT2D eigenvalue weighted by molar-refractivity contribution is 5.90. The van der Waals surface area contributed by atoms with E-state index in [0.29, 0.717) is 6.42 Å². The molecule has 0 aliphatic heterocycles. The summed E-state index contributed by atoms with van der Waals surface area (Å²) in [5, 5.41) is 0. The molecule has 1 heteroatoms. The van der Waals surface area contributed by atoms with E-state index in [9.17, 15) is 4.79 Å². The number of rotatable bonds is 4. The molecule has 50 valence electrons. The van der Waals surface area contributed by atoms with E-state index in [1.165, 1.54) is 6.08 Å². The maximum atomic E-state index is 10.5. The summed E-state index contributed by atoms with van der Waals surface area (Å²) < 4.78 is 0. The molecule has 0 saturated carbocycles. The largest absolute Gasteiger partial charge is 0.295 e. The number of hydrogen-bond acceptors (Lipinski definition) is 1. The zero-order valence-corrected chi connectivity index (χ0v) is 5.76. The Morgan fingerprint density at radius 3 is 2.67 bits per heavy atom. The van der Waals surface area contributed by atoms with Crippen molar-refractivity contribution >= 4 is 5.78 Å². The molecule has 0 spiro atoms. The van der Waals surface area contributed by atoms with E-state index in [1.54, 1.807) is 0 Å². The number of allylic oxidation sites excluding steroid dienone is 3. The molecule has 0 bridgehead atoms. The van der Waals surface area contributed by atoms with Crippen LogP contribution < -0.4 is 0 Å². The standard InChI is InChI=1S/C8H12O/c1-3-5-6-7-8(9)4-2/h4-6H,2-3,7H2,1H3. The van der Waals surface area contributed by atoms with Crippen LogP contribution in [0.2, 0.25) is 0 Å². The average molecular weight is 124 g/mol. The van der Waals surface area contributed by atoms with Crippen molar-refractivity contribution in [3.63, 3.8) is 0 Å². The van der Waals surface area contributed by atoms with Crippen molar-refractivity contribution in [1.82, 2.24) is 0 Å². The smallest absolute Gasteiger partial charge is 0.158 e. The maximum Gasteiger partial charge on any atom is 0.158 e. The number of carbonyl (C=O) groups excluding carboxylic acids is 1. The van der Waals surface area contributed by atoms with E-state index in [2.05, 4.69) is 6.58 Å². The molecule has 0 N–H and O–H groups in total. The lowest BCUT2D eigenvalue weighted by Gasteiger charge is -1.82. The lowest BCUT2D eigenvalue weighted by atomic mass is 10.2. The number of hydrogen-bond donors (Lipinski definition) is 0. The van der Waals surface area contributed by atoms with Gasteiger partial charge in [0.2, 0.25) is 0 Å². The minimum Gasteiger partial charge on any atom is -0.295 e. The minimum absolute atomic E-state index is 0.0831. The third kappa shape index (κ3) is 5.01. The Labute approximate surface area is 56.1 Å². The first kappa shape index (κ1) is 8.15. The van der Waals surface area contributed by atoms with Gasteiger partial charge < -0.3 is 0 Å². The minimum atomic E-state index is 0.0831. The molecule has 0 atom stereocenters. The first-order valence-corrected chi connectivity index (χ1v) is 3.11. The van der Waals surface area contributed by atoms with E-state index in [-0.39, 0.29) is 5.78 Å². The van der Waals surface area contributed by atoms with Gasteiger partial charge in [-0.15, -0.1) is 0 Å². The van der Waals surface area contributed by atoms with Gasteiger partial charge in [-0.1, -0.05) is 25.7 Å². The molecule has 0 unspecified atom stereocenters. The summed E-state index contributed by atoms with van der Waals surface area (Å²) in [6, 6.07) is 0. The second-order valence-corrected chi connectivity index (χ2v) is 1.75. The molecule has 0 aliphatic rings. The van der Waals surface area contributed by atoms with Crippen LogP contribution in [0.5, 0.6) is 0 Å². The van der Waals surface area contributed by atoms with Crippen LogP contribution in [-0.4, -0.2) is 5.78 Å². The Hall–Kier alpha value is -0.850. The van der Waals surface area contributed by atoms with E-state index in [0.717, 1.165) is 6.42 Å². The quantitative estimate of drug-likeness (QED) is 0.414. The first-order valence-electron chi connectivity index (χ1n) is 3.11. The van der Waals surface area contributed by atoms with Crippen LogP contribution in [-0.2, 0) is 4.79 Å². The second kappa shape index (κ2) is 5.29. The normalized spacial score (nSPS) is 9.89. The van der Waals surface area contributed by atoms with Gasteiger partial charge in [-0.05, 0) is 12.5 Å². The molecule has 0 aromatic carbocycles. The van der Waals surface area contributed by atoms with Crippen LogP contribution in [0.25, 0.3) is 0 Å². The van der Waals surface area contributed by atoms with E-state index in [1.807, 2.05) is 19.1 Å². The topological polar surface area (TPSA) is 17.1 Å². The predicted molar refractivity (Wildman–Crippen MR) is 39.3 cm³/mol. The molecule has 0 aliphatic carbocycles. The van der Waals surface area contributed by atoms with E-state index < -0.39 is 0 Å². The Bertz CT molecular complexity index is 123. The second-order valence-electron chi connectivity index (χ2n) is 1.75. The van der Waals surface area contributed by atoms with Crippen molar-refractivity contribution in [3.8, 4) is 0 Å². The lowest BCUT2D eigenvalue weighted by molar-refractivity contribution is -0.113. The number of carbonyl (C=O) groups is 1. The van der Waals surface area contributed by atoms with Gasteiger partial charge in [0, 0.05) is 6.42 Å². The molecule has 0 aromatic rings. The molecule has 9 heavy (non-hydrogen) atoms. The van der Waals surface area contributed by atoms with Gasteiger partial charge in [-0.25, -0.2) is 0 Å². The monoisotopic (exact) mass is 124 g/mol. The Morgan fingerprint density at radius 2 is 2.22 bits per heavy atom. The van der Waals surface area contributed by atoms with E-state index in [4.69, 9.17) is 0 Å². The van der Waals surface area contributed by atoms with Gasteiger partial charge in [0.1, 0.15) is 0 Å². The fraction of sp³-hybridized carbons (Fsp3) is 0.375. The third-order valence-corrected chi connectivity index (χ3v) is 0.949. The van der Waals surface area contributed by atoms with Crippen molar-refractivity contribution in [2.75, 3.05) is 0 Å². The maximum absolute atomic E-state index is 10.5. The molecule has 0 heterocycles. The van der Waals surface area contributed by atoms with Gasteiger partial charge >= 0.3 is 0 Å². The summed E-state index contributed by atoms with van der Waals surface area (Å²) in [6.07, 6.45) is 6.67. The fourth-order valence-corrected chi connectivity index (χ4v) is 0.449. The molecule has 0 aromatic heterocycles. The van der Waals surface area contributed by atoms with Gasteiger partial charge in [-0.3, -0.25) is 4.79 Å². The lowest BCUT2D eigenvalue weighted by Crippen LogP contribution is -1.86. The molecular formula is C8H12O. The fourth-order valence-electron chi connectivity index (χ4n) is 0.449. The SMILES string of the molecule is C=CC(=O)CC=CCC. The van der Waals surface area contributed by atoms with Crippen LogP contribution in [0.3, 0.4) is 0 Å². The highest BCUT2D eigenvalue weighted by Gasteiger charge is 1.86. The summed E-state index contributed by atoms with van der Waals surface area (Å²) in [7, 11) is 0. The molecule has 1 nitrogen and oxygen atoms in total. The van der Waals surface area contributed by atoms with Crippen LogP contribution in [0, 0.1) is 0 Å². The van der Waals surface area contributed by atoms with Crippen LogP contribution in [0.15, 0.2) is 24.8 Å². The van der Waals surface area contributed by atoms with Crippen molar-refractivity contribution in [2.45, 2.75) is 19.8 Å². The van der Waals surface area contributed by atoms with Crippen molar-refractivity contribution in [3.05, 3.63) is 24.8 Å². The molecule has 0 amide bonds. The van der Waals surface area contributed by atoms with Crippen molar-refractivity contribution in [1.29, 1.82) is 0 Å². The van der Waals surface area contributed by atoms with Gasteiger partial charge in [-0.2, -0.15) is 0 Å². The first-order chi connectivity index (χ1) is 4.31. The molecule has 0 radical (unpaired) electrons. The summed E-state index contributed by atoms with van der Waals surface area (Å²) in [5.74, 6) is 0.0831. The van der Waals surface area contributed by atoms with Crippen LogP contribution in [0.4, 0.5) is 0 Å². The Balaban J connectivity index is 3.37. The summed E-state index contributed by atoms with van der Waals surface area (Å²) >= 11 is 0. The molecule has 0 rings (SSSR count). The zero-order chi connectivity index (χ0) is 7.11.